The highest BCUT2D eigenvalue weighted by Gasteiger charge is 2.52. The molecule has 5 atom stereocenters. The minimum Gasteiger partial charge on any atom is -0.463 e. The SMILES string of the molecule is C=CCCCO[C@H]1O[C@H](COC(C)=O)[C@H](OC(C)=O)C(OC(C)=O)[C@H]1OC(C)=O. The van der Waals surface area contributed by atoms with Gasteiger partial charge in [0.1, 0.15) is 12.7 Å². The van der Waals surface area contributed by atoms with E-state index in [0.29, 0.717) is 12.8 Å². The van der Waals surface area contributed by atoms with Gasteiger partial charge >= 0.3 is 23.9 Å². The fraction of sp³-hybridized carbons (Fsp3) is 0.684. The Balaban J connectivity index is 3.19. The van der Waals surface area contributed by atoms with Crippen LogP contribution in [0.5, 0.6) is 0 Å². The third-order valence-corrected chi connectivity index (χ3v) is 3.78. The van der Waals surface area contributed by atoms with Crippen molar-refractivity contribution in [3.63, 3.8) is 0 Å². The predicted molar refractivity (Wildman–Crippen MR) is 97.3 cm³/mol. The number of hydrogen-bond donors (Lipinski definition) is 0. The molecule has 0 bridgehead atoms. The molecule has 0 aromatic rings. The molecule has 10 nitrogen and oxygen atoms in total. The lowest BCUT2D eigenvalue weighted by molar-refractivity contribution is -0.308. The van der Waals surface area contributed by atoms with Crippen molar-refractivity contribution in [2.24, 2.45) is 0 Å². The fourth-order valence-corrected chi connectivity index (χ4v) is 2.75. The van der Waals surface area contributed by atoms with Gasteiger partial charge in [-0.25, -0.2) is 0 Å². The van der Waals surface area contributed by atoms with Crippen molar-refractivity contribution in [3.05, 3.63) is 12.7 Å². The molecule has 1 unspecified atom stereocenters. The summed E-state index contributed by atoms with van der Waals surface area (Å²) in [6.07, 6.45) is -2.73. The summed E-state index contributed by atoms with van der Waals surface area (Å²) in [6.45, 7) is 8.27. The molecule has 0 N–H and O–H groups in total. The van der Waals surface area contributed by atoms with Gasteiger partial charge in [-0.05, 0) is 12.8 Å². The summed E-state index contributed by atoms with van der Waals surface area (Å²) in [5.74, 6) is -2.63. The second kappa shape index (κ2) is 12.2. The molecule has 0 amide bonds. The Morgan fingerprint density at radius 3 is 1.93 bits per heavy atom. The minimum absolute atomic E-state index is 0.236. The Hall–Kier alpha value is -2.46. The smallest absolute Gasteiger partial charge is 0.303 e. The van der Waals surface area contributed by atoms with Gasteiger partial charge in [-0.3, -0.25) is 19.2 Å². The molecular weight excluding hydrogens is 388 g/mol. The van der Waals surface area contributed by atoms with Gasteiger partial charge in [-0.2, -0.15) is 0 Å². The van der Waals surface area contributed by atoms with E-state index in [9.17, 15) is 19.2 Å². The Bertz CT molecular complexity index is 602. The van der Waals surface area contributed by atoms with Crippen LogP contribution in [-0.4, -0.2) is 67.8 Å². The standard InChI is InChI=1S/C19H28O10/c1-6-7-8-9-24-19-18(28-14(5)23)17(27-13(4)22)16(26-12(3)21)15(29-19)10-25-11(2)20/h6,15-19H,1,7-10H2,2-5H3/t15-,16+,17?,18-,19+/m1/s1. The van der Waals surface area contributed by atoms with Crippen molar-refractivity contribution in [2.45, 2.75) is 71.2 Å². The van der Waals surface area contributed by atoms with Gasteiger partial charge in [0, 0.05) is 27.7 Å². The van der Waals surface area contributed by atoms with Crippen LogP contribution in [-0.2, 0) is 47.6 Å². The second-order valence-corrected chi connectivity index (χ2v) is 6.37. The zero-order valence-corrected chi connectivity index (χ0v) is 17.1. The molecule has 0 saturated carbocycles. The first kappa shape index (κ1) is 24.6. The summed E-state index contributed by atoms with van der Waals surface area (Å²) in [4.78, 5) is 46.1. The molecular formula is C19H28O10. The van der Waals surface area contributed by atoms with Crippen molar-refractivity contribution in [3.8, 4) is 0 Å². The summed E-state index contributed by atoms with van der Waals surface area (Å²) >= 11 is 0. The van der Waals surface area contributed by atoms with Crippen molar-refractivity contribution in [1.82, 2.24) is 0 Å². The van der Waals surface area contributed by atoms with E-state index in [-0.39, 0.29) is 13.2 Å². The van der Waals surface area contributed by atoms with Gasteiger partial charge in [0.25, 0.3) is 0 Å². The van der Waals surface area contributed by atoms with Crippen LogP contribution < -0.4 is 0 Å². The molecule has 1 saturated heterocycles. The average Bonchev–Trinajstić information content (AvgIpc) is 2.60. The van der Waals surface area contributed by atoms with E-state index in [1.165, 1.54) is 13.8 Å². The lowest BCUT2D eigenvalue weighted by Crippen LogP contribution is -2.63. The average molecular weight is 416 g/mol. The maximum Gasteiger partial charge on any atom is 0.303 e. The summed E-state index contributed by atoms with van der Waals surface area (Å²) in [5, 5.41) is 0. The molecule has 0 aromatic heterocycles. The third-order valence-electron chi connectivity index (χ3n) is 3.78. The number of ether oxygens (including phenoxy) is 6. The monoisotopic (exact) mass is 416 g/mol. The highest BCUT2D eigenvalue weighted by Crippen LogP contribution is 2.30. The fourth-order valence-electron chi connectivity index (χ4n) is 2.75. The molecule has 1 aliphatic heterocycles. The second-order valence-electron chi connectivity index (χ2n) is 6.37. The lowest BCUT2D eigenvalue weighted by Gasteiger charge is -2.44. The largest absolute Gasteiger partial charge is 0.463 e. The number of carbonyl (C=O) groups is 4. The third kappa shape index (κ3) is 8.61. The van der Waals surface area contributed by atoms with Crippen LogP contribution in [0.4, 0.5) is 0 Å². The molecule has 29 heavy (non-hydrogen) atoms. The van der Waals surface area contributed by atoms with Crippen LogP contribution in [0.25, 0.3) is 0 Å². The quantitative estimate of drug-likeness (QED) is 0.221. The number of carbonyl (C=O) groups excluding carboxylic acids is 4. The van der Waals surface area contributed by atoms with Crippen molar-refractivity contribution >= 4 is 23.9 Å². The van der Waals surface area contributed by atoms with Gasteiger partial charge in [0.05, 0.1) is 6.61 Å². The topological polar surface area (TPSA) is 124 Å². The first-order valence-electron chi connectivity index (χ1n) is 9.18. The van der Waals surface area contributed by atoms with Crippen LogP contribution in [0.2, 0.25) is 0 Å². The van der Waals surface area contributed by atoms with Crippen molar-refractivity contribution in [1.29, 1.82) is 0 Å². The number of unbranched alkanes of at least 4 members (excludes halogenated alkanes) is 1. The van der Waals surface area contributed by atoms with Crippen molar-refractivity contribution < 1.29 is 47.6 Å². The van der Waals surface area contributed by atoms with E-state index in [1.54, 1.807) is 6.08 Å². The zero-order valence-electron chi connectivity index (χ0n) is 17.1. The molecule has 0 aromatic carbocycles. The minimum atomic E-state index is -1.22. The molecule has 0 spiro atoms. The molecule has 1 fully saturated rings. The maximum absolute atomic E-state index is 11.7. The van der Waals surface area contributed by atoms with E-state index in [4.69, 9.17) is 28.4 Å². The molecule has 10 heteroatoms. The Morgan fingerprint density at radius 2 is 1.41 bits per heavy atom. The number of allylic oxidation sites excluding steroid dienone is 1. The molecule has 1 heterocycles. The normalized spacial score (nSPS) is 26.1. The van der Waals surface area contributed by atoms with E-state index in [1.807, 2.05) is 0 Å². The first-order valence-corrected chi connectivity index (χ1v) is 9.18. The van der Waals surface area contributed by atoms with Gasteiger partial charge in [-0.15, -0.1) is 6.58 Å². The van der Waals surface area contributed by atoms with E-state index in [2.05, 4.69) is 6.58 Å². The van der Waals surface area contributed by atoms with E-state index in [0.717, 1.165) is 13.8 Å². The van der Waals surface area contributed by atoms with Gasteiger partial charge in [-0.1, -0.05) is 6.08 Å². The Morgan fingerprint density at radius 1 is 0.862 bits per heavy atom. The summed E-state index contributed by atoms with van der Waals surface area (Å²) < 4.78 is 32.3. The lowest BCUT2D eigenvalue weighted by atomic mass is 9.98. The predicted octanol–water partition coefficient (Wildman–Crippen LogP) is 1.05. The molecule has 1 aliphatic rings. The van der Waals surface area contributed by atoms with E-state index < -0.39 is 54.6 Å². The highest BCUT2D eigenvalue weighted by atomic mass is 16.7. The number of hydrogen-bond acceptors (Lipinski definition) is 10. The molecule has 1 rings (SSSR count). The Kier molecular flexibility index (Phi) is 10.3. The molecule has 0 radical (unpaired) electrons. The van der Waals surface area contributed by atoms with Crippen LogP contribution in [0.15, 0.2) is 12.7 Å². The number of rotatable bonds is 10. The Labute approximate surface area is 169 Å². The summed E-state index contributed by atoms with van der Waals surface area (Å²) in [7, 11) is 0. The van der Waals surface area contributed by atoms with Gasteiger partial charge in [0.2, 0.25) is 0 Å². The van der Waals surface area contributed by atoms with Crippen LogP contribution in [0.3, 0.4) is 0 Å². The summed E-state index contributed by atoms with van der Waals surface area (Å²) in [5.41, 5.74) is 0. The molecule has 0 aliphatic carbocycles. The van der Waals surface area contributed by atoms with Crippen LogP contribution >= 0.6 is 0 Å². The maximum atomic E-state index is 11.7. The van der Waals surface area contributed by atoms with Gasteiger partial charge in [0.15, 0.2) is 24.6 Å². The van der Waals surface area contributed by atoms with E-state index >= 15 is 0 Å². The van der Waals surface area contributed by atoms with Gasteiger partial charge < -0.3 is 28.4 Å². The molecule has 164 valence electrons. The highest BCUT2D eigenvalue weighted by molar-refractivity contribution is 5.68. The zero-order chi connectivity index (χ0) is 22.0. The van der Waals surface area contributed by atoms with Crippen LogP contribution in [0.1, 0.15) is 40.5 Å². The van der Waals surface area contributed by atoms with Crippen LogP contribution in [0, 0.1) is 0 Å². The first-order chi connectivity index (χ1) is 13.6. The number of esters is 4. The summed E-state index contributed by atoms with van der Waals surface area (Å²) in [6, 6.07) is 0. The van der Waals surface area contributed by atoms with Crippen molar-refractivity contribution in [2.75, 3.05) is 13.2 Å².